The van der Waals surface area contributed by atoms with Gasteiger partial charge >= 0.3 is 0 Å². The molecule has 0 aromatic carbocycles. The lowest BCUT2D eigenvalue weighted by atomic mass is 10.1. The average molecular weight is 168 g/mol. The maximum Gasteiger partial charge on any atom is 0.0221 e. The minimum atomic E-state index is 0.702. The largest absolute Gasteiger partial charge is 0.311 e. The van der Waals surface area contributed by atoms with E-state index in [2.05, 4.69) is 24.1 Å². The molecule has 2 atom stereocenters. The molecule has 0 spiro atoms. The standard InChI is InChI=1S/C10H20N2/c1-3-9-6-11-8(2)7-12(9)10-4-5-10/h8-11H,3-7H2,1-2H3. The van der Waals surface area contributed by atoms with Crippen molar-refractivity contribution in [1.82, 2.24) is 10.2 Å². The highest BCUT2D eigenvalue weighted by Crippen LogP contribution is 2.30. The van der Waals surface area contributed by atoms with Crippen LogP contribution >= 0.6 is 0 Å². The molecule has 2 fully saturated rings. The molecule has 2 aliphatic rings. The number of rotatable bonds is 2. The Morgan fingerprint density at radius 1 is 1.42 bits per heavy atom. The third-order valence-electron chi connectivity index (χ3n) is 3.14. The molecule has 2 nitrogen and oxygen atoms in total. The molecular formula is C10H20N2. The Balaban J connectivity index is 1.94. The summed E-state index contributed by atoms with van der Waals surface area (Å²) in [5.74, 6) is 0. The van der Waals surface area contributed by atoms with Crippen molar-refractivity contribution in [3.63, 3.8) is 0 Å². The molecule has 1 saturated heterocycles. The van der Waals surface area contributed by atoms with Crippen molar-refractivity contribution < 1.29 is 0 Å². The Kier molecular flexibility index (Phi) is 2.37. The van der Waals surface area contributed by atoms with Crippen LogP contribution in [0.15, 0.2) is 0 Å². The smallest absolute Gasteiger partial charge is 0.0221 e. The lowest BCUT2D eigenvalue weighted by Gasteiger charge is -2.39. The van der Waals surface area contributed by atoms with Crippen molar-refractivity contribution in [3.05, 3.63) is 0 Å². The van der Waals surface area contributed by atoms with Gasteiger partial charge < -0.3 is 5.32 Å². The quantitative estimate of drug-likeness (QED) is 0.667. The number of piperazine rings is 1. The van der Waals surface area contributed by atoms with E-state index >= 15 is 0 Å². The fourth-order valence-corrected chi connectivity index (χ4v) is 2.22. The molecular weight excluding hydrogens is 148 g/mol. The zero-order valence-electron chi connectivity index (χ0n) is 8.21. The minimum Gasteiger partial charge on any atom is -0.311 e. The summed E-state index contributed by atoms with van der Waals surface area (Å²) in [5, 5.41) is 3.55. The van der Waals surface area contributed by atoms with Gasteiger partial charge in [0.05, 0.1) is 0 Å². The zero-order valence-corrected chi connectivity index (χ0v) is 8.21. The Labute approximate surface area is 75.3 Å². The molecule has 0 aromatic heterocycles. The van der Waals surface area contributed by atoms with Crippen molar-refractivity contribution in [2.75, 3.05) is 13.1 Å². The zero-order chi connectivity index (χ0) is 8.55. The van der Waals surface area contributed by atoms with Crippen LogP contribution in [-0.4, -0.2) is 36.1 Å². The van der Waals surface area contributed by atoms with Gasteiger partial charge in [-0.1, -0.05) is 6.92 Å². The van der Waals surface area contributed by atoms with Crippen molar-refractivity contribution in [1.29, 1.82) is 0 Å². The molecule has 1 N–H and O–H groups in total. The van der Waals surface area contributed by atoms with Gasteiger partial charge in [0.2, 0.25) is 0 Å². The molecule has 1 heterocycles. The second-order valence-electron chi connectivity index (χ2n) is 4.30. The first-order valence-electron chi connectivity index (χ1n) is 5.30. The summed E-state index contributed by atoms with van der Waals surface area (Å²) in [6, 6.07) is 2.46. The third-order valence-corrected chi connectivity index (χ3v) is 3.14. The molecule has 0 amide bonds. The number of hydrogen-bond donors (Lipinski definition) is 1. The van der Waals surface area contributed by atoms with Gasteiger partial charge in [-0.25, -0.2) is 0 Å². The number of nitrogens with zero attached hydrogens (tertiary/aromatic N) is 1. The van der Waals surface area contributed by atoms with Gasteiger partial charge in [0.1, 0.15) is 0 Å². The molecule has 1 aliphatic heterocycles. The van der Waals surface area contributed by atoms with E-state index in [1.807, 2.05) is 0 Å². The van der Waals surface area contributed by atoms with Crippen molar-refractivity contribution >= 4 is 0 Å². The van der Waals surface area contributed by atoms with E-state index in [-0.39, 0.29) is 0 Å². The second kappa shape index (κ2) is 3.35. The first kappa shape index (κ1) is 8.52. The van der Waals surface area contributed by atoms with Crippen LogP contribution in [0.5, 0.6) is 0 Å². The van der Waals surface area contributed by atoms with E-state index in [1.54, 1.807) is 0 Å². The van der Waals surface area contributed by atoms with Gasteiger partial charge in [0.15, 0.2) is 0 Å². The van der Waals surface area contributed by atoms with Gasteiger partial charge in [-0.3, -0.25) is 4.90 Å². The summed E-state index contributed by atoms with van der Waals surface area (Å²) in [5.41, 5.74) is 0. The minimum absolute atomic E-state index is 0.702. The van der Waals surface area contributed by atoms with Crippen LogP contribution in [0.2, 0.25) is 0 Å². The van der Waals surface area contributed by atoms with Gasteiger partial charge in [0.25, 0.3) is 0 Å². The number of hydrogen-bond acceptors (Lipinski definition) is 2. The molecule has 0 bridgehead atoms. The van der Waals surface area contributed by atoms with Crippen molar-refractivity contribution in [2.45, 2.75) is 51.2 Å². The van der Waals surface area contributed by atoms with Crippen LogP contribution in [0.1, 0.15) is 33.1 Å². The first-order chi connectivity index (χ1) is 5.81. The molecule has 2 heteroatoms. The Morgan fingerprint density at radius 2 is 2.17 bits per heavy atom. The van der Waals surface area contributed by atoms with Crippen molar-refractivity contribution in [2.24, 2.45) is 0 Å². The monoisotopic (exact) mass is 168 g/mol. The Morgan fingerprint density at radius 3 is 2.75 bits per heavy atom. The van der Waals surface area contributed by atoms with Crippen LogP contribution < -0.4 is 5.32 Å². The average Bonchev–Trinajstić information content (AvgIpc) is 2.87. The molecule has 1 saturated carbocycles. The van der Waals surface area contributed by atoms with Gasteiger partial charge in [0, 0.05) is 31.2 Å². The van der Waals surface area contributed by atoms with E-state index in [0.29, 0.717) is 6.04 Å². The van der Waals surface area contributed by atoms with Crippen LogP contribution in [0, 0.1) is 0 Å². The highest BCUT2D eigenvalue weighted by molar-refractivity contribution is 4.93. The van der Waals surface area contributed by atoms with Crippen LogP contribution in [0.25, 0.3) is 0 Å². The Bertz CT molecular complexity index is 154. The fraction of sp³-hybridized carbons (Fsp3) is 1.00. The predicted octanol–water partition coefficient (Wildman–Crippen LogP) is 1.22. The van der Waals surface area contributed by atoms with Crippen LogP contribution in [-0.2, 0) is 0 Å². The van der Waals surface area contributed by atoms with E-state index in [4.69, 9.17) is 0 Å². The number of nitrogens with one attached hydrogen (secondary N) is 1. The van der Waals surface area contributed by atoms with E-state index < -0.39 is 0 Å². The maximum atomic E-state index is 3.55. The summed E-state index contributed by atoms with van der Waals surface area (Å²) in [4.78, 5) is 2.72. The molecule has 0 radical (unpaired) electrons. The molecule has 2 unspecified atom stereocenters. The van der Waals surface area contributed by atoms with Crippen molar-refractivity contribution in [3.8, 4) is 0 Å². The summed E-state index contributed by atoms with van der Waals surface area (Å²) < 4.78 is 0. The highest BCUT2D eigenvalue weighted by Gasteiger charge is 2.35. The lowest BCUT2D eigenvalue weighted by molar-refractivity contribution is 0.123. The van der Waals surface area contributed by atoms with E-state index in [1.165, 1.54) is 32.4 Å². The fourth-order valence-electron chi connectivity index (χ4n) is 2.22. The summed E-state index contributed by atoms with van der Waals surface area (Å²) in [7, 11) is 0. The van der Waals surface area contributed by atoms with Gasteiger partial charge in [-0.15, -0.1) is 0 Å². The normalized spacial score (nSPS) is 38.5. The van der Waals surface area contributed by atoms with Crippen LogP contribution in [0.4, 0.5) is 0 Å². The summed E-state index contributed by atoms with van der Waals surface area (Å²) >= 11 is 0. The SMILES string of the molecule is CCC1CNC(C)CN1C1CC1. The van der Waals surface area contributed by atoms with Gasteiger partial charge in [-0.05, 0) is 26.2 Å². The first-order valence-corrected chi connectivity index (χ1v) is 5.30. The molecule has 2 rings (SSSR count). The molecule has 12 heavy (non-hydrogen) atoms. The second-order valence-corrected chi connectivity index (χ2v) is 4.30. The van der Waals surface area contributed by atoms with Gasteiger partial charge in [-0.2, -0.15) is 0 Å². The lowest BCUT2D eigenvalue weighted by Crippen LogP contribution is -2.55. The van der Waals surface area contributed by atoms with E-state index in [0.717, 1.165) is 12.1 Å². The summed E-state index contributed by atoms with van der Waals surface area (Å²) in [6.45, 7) is 7.07. The molecule has 1 aliphatic carbocycles. The molecule has 70 valence electrons. The summed E-state index contributed by atoms with van der Waals surface area (Å²) in [6.07, 6.45) is 4.20. The Hall–Kier alpha value is -0.0800. The topological polar surface area (TPSA) is 15.3 Å². The maximum absolute atomic E-state index is 3.55. The van der Waals surface area contributed by atoms with E-state index in [9.17, 15) is 0 Å². The third kappa shape index (κ3) is 1.64. The highest BCUT2D eigenvalue weighted by atomic mass is 15.3. The van der Waals surface area contributed by atoms with Crippen LogP contribution in [0.3, 0.4) is 0 Å². The molecule has 0 aromatic rings. The predicted molar refractivity (Wildman–Crippen MR) is 51.3 cm³/mol.